The van der Waals surface area contributed by atoms with Crippen molar-refractivity contribution >= 4 is 22.5 Å². The zero-order chi connectivity index (χ0) is 22.6. The minimum absolute atomic E-state index is 0.0483. The number of aromatic nitrogens is 3. The van der Waals surface area contributed by atoms with Crippen LogP contribution < -0.4 is 10.2 Å². The number of benzene rings is 3. The normalized spacial score (nSPS) is 11.0. The van der Waals surface area contributed by atoms with Crippen LogP contribution >= 0.6 is 0 Å². The predicted octanol–water partition coefficient (Wildman–Crippen LogP) is 5.96. The molecule has 0 radical (unpaired) electrons. The highest BCUT2D eigenvalue weighted by molar-refractivity contribution is 5.90. The van der Waals surface area contributed by atoms with Crippen molar-refractivity contribution in [3.05, 3.63) is 114 Å². The van der Waals surface area contributed by atoms with Crippen molar-refractivity contribution in [3.63, 3.8) is 0 Å². The third-order valence-electron chi connectivity index (χ3n) is 5.61. The van der Waals surface area contributed by atoms with Crippen LogP contribution in [0.4, 0.5) is 11.6 Å². The van der Waals surface area contributed by atoms with Crippen LogP contribution in [0, 0.1) is 0 Å². The molecule has 5 heteroatoms. The van der Waals surface area contributed by atoms with E-state index in [1.54, 1.807) is 0 Å². The van der Waals surface area contributed by atoms with Crippen molar-refractivity contribution in [2.24, 2.45) is 0 Å². The van der Waals surface area contributed by atoms with Gasteiger partial charge in [-0.25, -0.2) is 15.0 Å². The zero-order valence-electron chi connectivity index (χ0n) is 18.7. The summed E-state index contributed by atoms with van der Waals surface area (Å²) in [5.74, 6) is 2.34. The molecule has 162 valence electrons. The van der Waals surface area contributed by atoms with Crippen molar-refractivity contribution < 1.29 is 0 Å². The summed E-state index contributed by atoms with van der Waals surface area (Å²) < 4.78 is 0. The van der Waals surface area contributed by atoms with E-state index >= 15 is 0 Å². The van der Waals surface area contributed by atoms with Gasteiger partial charge < -0.3 is 10.2 Å². The molecule has 0 amide bonds. The number of pyridine rings is 1. The number of nitrogens with one attached hydrogen (secondary N) is 1. The van der Waals surface area contributed by atoms with Crippen LogP contribution in [0.15, 0.2) is 103 Å². The first kappa shape index (κ1) is 20.6. The van der Waals surface area contributed by atoms with Crippen LogP contribution in [0.25, 0.3) is 22.3 Å². The van der Waals surface area contributed by atoms with Crippen molar-refractivity contribution in [1.29, 1.82) is 0 Å². The Bertz CT molecular complexity index is 1310. The molecule has 2 heterocycles. The second kappa shape index (κ2) is 9.09. The van der Waals surface area contributed by atoms with E-state index in [1.165, 1.54) is 11.1 Å². The molecule has 0 saturated heterocycles. The first-order valence-electron chi connectivity index (χ1n) is 11.0. The lowest BCUT2D eigenvalue weighted by atomic mass is 9.98. The van der Waals surface area contributed by atoms with Crippen molar-refractivity contribution in [2.45, 2.75) is 6.04 Å². The second-order valence-electron chi connectivity index (χ2n) is 8.11. The first-order chi connectivity index (χ1) is 16.2. The molecule has 5 nitrogen and oxygen atoms in total. The summed E-state index contributed by atoms with van der Waals surface area (Å²) in [4.78, 5) is 16.3. The van der Waals surface area contributed by atoms with Gasteiger partial charge in [-0.1, -0.05) is 72.8 Å². The Labute approximate surface area is 193 Å². The van der Waals surface area contributed by atoms with Crippen LogP contribution in [0.2, 0.25) is 0 Å². The number of rotatable bonds is 6. The SMILES string of the molecule is CN(C)c1ccc(-c2nc(NC(c3ccccc3)c3ccccc3)c3ccccc3n2)cn1. The number of hydrogen-bond donors (Lipinski definition) is 1. The molecule has 0 aliphatic rings. The quantitative estimate of drug-likeness (QED) is 0.360. The molecule has 3 aromatic carbocycles. The maximum Gasteiger partial charge on any atom is 0.163 e. The molecule has 1 N–H and O–H groups in total. The number of fused-ring (bicyclic) bond motifs is 1. The molecule has 0 atom stereocenters. The van der Waals surface area contributed by atoms with Gasteiger partial charge in [-0.2, -0.15) is 0 Å². The lowest BCUT2D eigenvalue weighted by Crippen LogP contribution is -2.14. The number of nitrogens with zero attached hydrogens (tertiary/aromatic N) is 4. The minimum atomic E-state index is -0.0483. The summed E-state index contributed by atoms with van der Waals surface area (Å²) in [7, 11) is 3.95. The van der Waals surface area contributed by atoms with E-state index in [4.69, 9.17) is 9.97 Å². The van der Waals surface area contributed by atoms with E-state index in [1.807, 2.05) is 67.7 Å². The summed E-state index contributed by atoms with van der Waals surface area (Å²) >= 11 is 0. The molecule has 33 heavy (non-hydrogen) atoms. The van der Waals surface area contributed by atoms with Gasteiger partial charge in [0.05, 0.1) is 11.6 Å². The van der Waals surface area contributed by atoms with Crippen LogP contribution in [0.5, 0.6) is 0 Å². The molecular formula is C28H25N5. The maximum absolute atomic E-state index is 4.96. The van der Waals surface area contributed by atoms with Gasteiger partial charge in [0, 0.05) is 31.2 Å². The third kappa shape index (κ3) is 4.39. The molecule has 0 spiro atoms. The Balaban J connectivity index is 1.62. The fraction of sp³-hybridized carbons (Fsp3) is 0.107. The third-order valence-corrected chi connectivity index (χ3v) is 5.61. The average molecular weight is 432 g/mol. The molecule has 0 aliphatic carbocycles. The van der Waals surface area contributed by atoms with Crippen molar-refractivity contribution in [2.75, 3.05) is 24.3 Å². The molecule has 0 aliphatic heterocycles. The van der Waals surface area contributed by atoms with Gasteiger partial charge in [0.25, 0.3) is 0 Å². The molecular weight excluding hydrogens is 406 g/mol. The number of para-hydroxylation sites is 1. The van der Waals surface area contributed by atoms with Crippen LogP contribution in [-0.2, 0) is 0 Å². The van der Waals surface area contributed by atoms with Gasteiger partial charge in [0.2, 0.25) is 0 Å². The topological polar surface area (TPSA) is 53.9 Å². The summed E-state index contributed by atoms with van der Waals surface area (Å²) in [6.45, 7) is 0. The standard InChI is InChI=1S/C28H25N5/c1-33(2)25-18-17-22(19-29-25)27-30-24-16-10-9-15-23(24)28(32-27)31-26(20-11-5-3-6-12-20)21-13-7-4-8-14-21/h3-19,26H,1-2H3,(H,30,31,32). The van der Waals surface area contributed by atoms with Crippen LogP contribution in [-0.4, -0.2) is 29.0 Å². The fourth-order valence-electron chi connectivity index (χ4n) is 3.89. The Hall–Kier alpha value is -4.25. The lowest BCUT2D eigenvalue weighted by molar-refractivity contribution is 0.928. The van der Waals surface area contributed by atoms with Crippen LogP contribution in [0.1, 0.15) is 17.2 Å². The van der Waals surface area contributed by atoms with Gasteiger partial charge in [-0.05, 0) is 35.4 Å². The second-order valence-corrected chi connectivity index (χ2v) is 8.11. The van der Waals surface area contributed by atoms with E-state index in [0.29, 0.717) is 5.82 Å². The Morgan fingerprint density at radius 1 is 0.697 bits per heavy atom. The molecule has 0 saturated carbocycles. The van der Waals surface area contributed by atoms with Gasteiger partial charge in [-0.15, -0.1) is 0 Å². The molecule has 5 aromatic rings. The molecule has 0 fully saturated rings. The largest absolute Gasteiger partial charge is 0.363 e. The van der Waals surface area contributed by atoms with Crippen molar-refractivity contribution in [3.8, 4) is 11.4 Å². The van der Waals surface area contributed by atoms with E-state index < -0.39 is 0 Å². The van der Waals surface area contributed by atoms with Gasteiger partial charge in [0.1, 0.15) is 11.6 Å². The fourth-order valence-corrected chi connectivity index (χ4v) is 3.89. The molecule has 5 rings (SSSR count). The van der Waals surface area contributed by atoms with E-state index in [0.717, 1.165) is 28.1 Å². The van der Waals surface area contributed by atoms with Gasteiger partial charge >= 0.3 is 0 Å². The van der Waals surface area contributed by atoms with Gasteiger partial charge in [-0.3, -0.25) is 0 Å². The summed E-state index contributed by atoms with van der Waals surface area (Å²) in [5, 5.41) is 4.70. The van der Waals surface area contributed by atoms with Crippen LogP contribution in [0.3, 0.4) is 0 Å². The van der Waals surface area contributed by atoms with E-state index in [9.17, 15) is 0 Å². The number of hydrogen-bond acceptors (Lipinski definition) is 5. The predicted molar refractivity (Wildman–Crippen MR) is 135 cm³/mol. The zero-order valence-corrected chi connectivity index (χ0v) is 18.7. The molecule has 0 unspecified atom stereocenters. The Morgan fingerprint density at radius 3 is 1.94 bits per heavy atom. The molecule has 2 aromatic heterocycles. The highest BCUT2D eigenvalue weighted by Crippen LogP contribution is 2.31. The average Bonchev–Trinajstić information content (AvgIpc) is 2.88. The smallest absolute Gasteiger partial charge is 0.163 e. The van der Waals surface area contributed by atoms with Gasteiger partial charge in [0.15, 0.2) is 5.82 Å². The summed E-state index contributed by atoms with van der Waals surface area (Å²) in [5.41, 5.74) is 4.11. The monoisotopic (exact) mass is 431 g/mol. The minimum Gasteiger partial charge on any atom is -0.363 e. The highest BCUT2D eigenvalue weighted by atomic mass is 15.1. The highest BCUT2D eigenvalue weighted by Gasteiger charge is 2.17. The van der Waals surface area contributed by atoms with E-state index in [-0.39, 0.29) is 6.04 Å². The Kier molecular flexibility index (Phi) is 5.68. The number of anilines is 2. The summed E-state index contributed by atoms with van der Waals surface area (Å²) in [6.07, 6.45) is 1.83. The summed E-state index contributed by atoms with van der Waals surface area (Å²) in [6, 6.07) is 32.9. The van der Waals surface area contributed by atoms with E-state index in [2.05, 4.69) is 64.9 Å². The molecule has 0 bridgehead atoms. The van der Waals surface area contributed by atoms with Crippen molar-refractivity contribution in [1.82, 2.24) is 15.0 Å². The Morgan fingerprint density at radius 2 is 1.33 bits per heavy atom. The first-order valence-corrected chi connectivity index (χ1v) is 11.0. The maximum atomic E-state index is 4.96. The lowest BCUT2D eigenvalue weighted by Gasteiger charge is -2.22.